The Morgan fingerprint density at radius 3 is 2.46 bits per heavy atom. The van der Waals surface area contributed by atoms with Crippen molar-refractivity contribution in [1.29, 1.82) is 0 Å². The summed E-state index contributed by atoms with van der Waals surface area (Å²) in [6, 6.07) is 14.9. The lowest BCUT2D eigenvalue weighted by Gasteiger charge is -2.14. The van der Waals surface area contributed by atoms with Gasteiger partial charge in [-0.3, -0.25) is 0 Å². The summed E-state index contributed by atoms with van der Waals surface area (Å²) in [7, 11) is -1.92. The van der Waals surface area contributed by atoms with Crippen molar-refractivity contribution in [1.82, 2.24) is 4.72 Å². The molecule has 0 aliphatic carbocycles. The van der Waals surface area contributed by atoms with Crippen LogP contribution in [0.15, 0.2) is 58.3 Å². The lowest BCUT2D eigenvalue weighted by atomic mass is 10.0. The summed E-state index contributed by atoms with van der Waals surface area (Å²) in [6.07, 6.45) is 0. The van der Waals surface area contributed by atoms with E-state index in [2.05, 4.69) is 4.72 Å². The van der Waals surface area contributed by atoms with Crippen LogP contribution >= 0.6 is 11.8 Å². The number of hydrogen-bond donors (Lipinski definition) is 1. The molecule has 0 aliphatic heterocycles. The average Bonchev–Trinajstić information content (AvgIpc) is 2.59. The Morgan fingerprint density at radius 1 is 1.12 bits per heavy atom. The van der Waals surface area contributed by atoms with E-state index in [1.165, 1.54) is 0 Å². The first-order valence-electron chi connectivity index (χ1n) is 7.79. The van der Waals surface area contributed by atoms with E-state index in [4.69, 9.17) is 4.74 Å². The molecule has 0 aromatic heterocycles. The molecule has 0 amide bonds. The van der Waals surface area contributed by atoms with Gasteiger partial charge in [0.1, 0.15) is 5.75 Å². The maximum absolute atomic E-state index is 12.5. The van der Waals surface area contributed by atoms with Gasteiger partial charge in [0.15, 0.2) is 0 Å². The monoisotopic (exact) mass is 365 g/mol. The van der Waals surface area contributed by atoms with Gasteiger partial charge >= 0.3 is 0 Å². The van der Waals surface area contributed by atoms with Crippen molar-refractivity contribution in [3.05, 3.63) is 54.1 Å². The number of rotatable bonds is 8. The van der Waals surface area contributed by atoms with E-state index in [-0.39, 0.29) is 10.8 Å². The van der Waals surface area contributed by atoms with Gasteiger partial charge in [0.25, 0.3) is 0 Å². The Labute approximate surface area is 148 Å². The summed E-state index contributed by atoms with van der Waals surface area (Å²) in [5, 5.41) is 0. The van der Waals surface area contributed by atoms with Gasteiger partial charge < -0.3 is 4.74 Å². The maximum atomic E-state index is 12.5. The van der Waals surface area contributed by atoms with Crippen LogP contribution in [-0.4, -0.2) is 27.8 Å². The smallest absolute Gasteiger partial charge is 0.240 e. The van der Waals surface area contributed by atoms with Crippen molar-refractivity contribution >= 4 is 21.8 Å². The number of thioether (sulfide) groups is 1. The number of methoxy groups -OCH3 is 1. The van der Waals surface area contributed by atoms with E-state index < -0.39 is 10.0 Å². The molecule has 0 aliphatic rings. The molecule has 0 fully saturated rings. The molecule has 0 saturated heterocycles. The SMILES string of the molecule is COc1ccc(S(=O)(=O)NCCSc2ccccc2)cc1C(C)C. The minimum Gasteiger partial charge on any atom is -0.496 e. The van der Waals surface area contributed by atoms with Gasteiger partial charge in [-0.15, -0.1) is 11.8 Å². The molecule has 0 unspecified atom stereocenters. The minimum atomic E-state index is -3.51. The third kappa shape index (κ3) is 5.00. The van der Waals surface area contributed by atoms with Crippen LogP contribution in [0.2, 0.25) is 0 Å². The first-order chi connectivity index (χ1) is 11.4. The molecule has 2 aromatic rings. The zero-order chi connectivity index (χ0) is 17.6. The average molecular weight is 366 g/mol. The highest BCUT2D eigenvalue weighted by Crippen LogP contribution is 2.28. The highest BCUT2D eigenvalue weighted by molar-refractivity contribution is 7.99. The number of sulfonamides is 1. The Balaban J connectivity index is 2.01. The van der Waals surface area contributed by atoms with E-state index in [1.807, 2.05) is 44.2 Å². The van der Waals surface area contributed by atoms with E-state index in [0.29, 0.717) is 18.0 Å². The van der Waals surface area contributed by atoms with E-state index >= 15 is 0 Å². The molecular weight excluding hydrogens is 342 g/mol. The minimum absolute atomic E-state index is 0.184. The Hall–Kier alpha value is -1.50. The van der Waals surface area contributed by atoms with Crippen molar-refractivity contribution in [3.8, 4) is 5.75 Å². The summed E-state index contributed by atoms with van der Waals surface area (Å²) in [6.45, 7) is 4.40. The second-order valence-electron chi connectivity index (χ2n) is 5.62. The number of nitrogens with one attached hydrogen (secondary N) is 1. The zero-order valence-electron chi connectivity index (χ0n) is 14.2. The van der Waals surface area contributed by atoms with Gasteiger partial charge in [-0.05, 0) is 41.8 Å². The van der Waals surface area contributed by atoms with Crippen LogP contribution in [-0.2, 0) is 10.0 Å². The molecule has 24 heavy (non-hydrogen) atoms. The lowest BCUT2D eigenvalue weighted by Crippen LogP contribution is -2.26. The van der Waals surface area contributed by atoms with Crippen LogP contribution in [0.4, 0.5) is 0 Å². The van der Waals surface area contributed by atoms with Gasteiger partial charge in [0, 0.05) is 17.2 Å². The van der Waals surface area contributed by atoms with Gasteiger partial charge in [-0.1, -0.05) is 32.0 Å². The van der Waals surface area contributed by atoms with Crippen LogP contribution in [0.1, 0.15) is 25.3 Å². The fourth-order valence-corrected chi connectivity index (χ4v) is 4.26. The summed E-state index contributed by atoms with van der Waals surface area (Å²) in [5.41, 5.74) is 0.888. The molecular formula is C18H23NO3S2. The zero-order valence-corrected chi connectivity index (χ0v) is 15.8. The van der Waals surface area contributed by atoms with Crippen molar-refractivity contribution in [3.63, 3.8) is 0 Å². The summed E-state index contributed by atoms with van der Waals surface area (Å²) < 4.78 is 32.9. The van der Waals surface area contributed by atoms with Crippen molar-refractivity contribution in [2.24, 2.45) is 0 Å². The van der Waals surface area contributed by atoms with Crippen LogP contribution in [0, 0.1) is 0 Å². The first kappa shape index (κ1) is 18.8. The molecule has 0 atom stereocenters. The van der Waals surface area contributed by atoms with Crippen molar-refractivity contribution < 1.29 is 13.2 Å². The molecule has 2 aromatic carbocycles. The maximum Gasteiger partial charge on any atom is 0.240 e. The van der Waals surface area contributed by atoms with E-state index in [9.17, 15) is 8.42 Å². The molecule has 1 N–H and O–H groups in total. The third-order valence-electron chi connectivity index (χ3n) is 3.54. The van der Waals surface area contributed by atoms with Crippen molar-refractivity contribution in [2.75, 3.05) is 19.4 Å². The predicted octanol–water partition coefficient (Wildman–Crippen LogP) is 3.89. The topological polar surface area (TPSA) is 55.4 Å². The van der Waals surface area contributed by atoms with Gasteiger partial charge in [0.2, 0.25) is 10.0 Å². The van der Waals surface area contributed by atoms with Gasteiger partial charge in [0.05, 0.1) is 12.0 Å². The van der Waals surface area contributed by atoms with Gasteiger partial charge in [-0.2, -0.15) is 0 Å². The first-order valence-corrected chi connectivity index (χ1v) is 10.3. The number of ether oxygens (including phenoxy) is 1. The van der Waals surface area contributed by atoms with Crippen LogP contribution in [0.25, 0.3) is 0 Å². The molecule has 4 nitrogen and oxygen atoms in total. The summed E-state index contributed by atoms with van der Waals surface area (Å²) in [5.74, 6) is 1.57. The fourth-order valence-electron chi connectivity index (χ4n) is 2.28. The highest BCUT2D eigenvalue weighted by Gasteiger charge is 2.17. The Morgan fingerprint density at radius 2 is 1.83 bits per heavy atom. The molecule has 0 saturated carbocycles. The molecule has 0 bridgehead atoms. The second kappa shape index (κ2) is 8.55. The van der Waals surface area contributed by atoms with E-state index in [0.717, 1.165) is 10.5 Å². The van der Waals surface area contributed by atoms with Crippen LogP contribution in [0.5, 0.6) is 5.75 Å². The Kier molecular flexibility index (Phi) is 6.71. The molecule has 0 spiro atoms. The molecule has 0 heterocycles. The van der Waals surface area contributed by atoms with E-state index in [1.54, 1.807) is 37.1 Å². The quantitative estimate of drug-likeness (QED) is 0.570. The standard InChI is InChI=1S/C18H23NO3S2/c1-14(2)17-13-16(9-10-18(17)22-3)24(20,21)19-11-12-23-15-7-5-4-6-8-15/h4-10,13-14,19H,11-12H2,1-3H3. The predicted molar refractivity (Wildman–Crippen MR) is 99.4 cm³/mol. The number of hydrogen-bond acceptors (Lipinski definition) is 4. The largest absolute Gasteiger partial charge is 0.496 e. The van der Waals surface area contributed by atoms with Crippen LogP contribution < -0.4 is 9.46 Å². The summed E-state index contributed by atoms with van der Waals surface area (Å²) >= 11 is 1.62. The number of benzene rings is 2. The van der Waals surface area contributed by atoms with Gasteiger partial charge in [-0.25, -0.2) is 13.1 Å². The lowest BCUT2D eigenvalue weighted by molar-refractivity contribution is 0.407. The highest BCUT2D eigenvalue weighted by atomic mass is 32.2. The second-order valence-corrected chi connectivity index (χ2v) is 8.55. The van der Waals surface area contributed by atoms with Crippen LogP contribution in [0.3, 0.4) is 0 Å². The summed E-state index contributed by atoms with van der Waals surface area (Å²) in [4.78, 5) is 1.40. The van der Waals surface area contributed by atoms with Crippen molar-refractivity contribution in [2.45, 2.75) is 29.6 Å². The molecule has 6 heteroatoms. The fraction of sp³-hybridized carbons (Fsp3) is 0.333. The third-order valence-corrected chi connectivity index (χ3v) is 6.01. The molecule has 130 valence electrons. The normalized spacial score (nSPS) is 11.7. The molecule has 0 radical (unpaired) electrons. The Bertz CT molecular complexity index is 759. The molecule has 2 rings (SSSR count).